The highest BCUT2D eigenvalue weighted by atomic mass is 79.9. The number of carbonyl (C=O) groups excluding carboxylic acids is 1. The van der Waals surface area contributed by atoms with E-state index in [-0.39, 0.29) is 5.91 Å². The van der Waals surface area contributed by atoms with Crippen molar-refractivity contribution in [1.29, 1.82) is 0 Å². The maximum atomic E-state index is 12.2. The summed E-state index contributed by atoms with van der Waals surface area (Å²) in [5.41, 5.74) is 3.69. The van der Waals surface area contributed by atoms with E-state index in [1.165, 1.54) is 0 Å². The smallest absolute Gasteiger partial charge is 0.257 e. The van der Waals surface area contributed by atoms with Gasteiger partial charge in [0.15, 0.2) is 0 Å². The minimum atomic E-state index is -0.166. The Balaban J connectivity index is 2.28. The summed E-state index contributed by atoms with van der Waals surface area (Å²) in [7, 11) is 0. The van der Waals surface area contributed by atoms with Crippen LogP contribution < -0.4 is 5.32 Å². The Bertz CT molecular complexity index is 641. The molecule has 1 heterocycles. The first-order valence-electron chi connectivity index (χ1n) is 5.86. The summed E-state index contributed by atoms with van der Waals surface area (Å²) in [5, 5.41) is 10.8. The minimum Gasteiger partial charge on any atom is -0.322 e. The number of aromatic nitrogens is 2. The van der Waals surface area contributed by atoms with Crippen LogP contribution >= 0.6 is 15.9 Å². The number of benzene rings is 1. The summed E-state index contributed by atoms with van der Waals surface area (Å²) < 4.78 is 0.987. The number of hydrogen-bond donors (Lipinski definition) is 1. The number of anilines is 1. The van der Waals surface area contributed by atoms with Gasteiger partial charge in [0.05, 0.1) is 17.0 Å². The second-order valence-corrected chi connectivity index (χ2v) is 5.31. The number of nitrogens with one attached hydrogen (secondary N) is 1. The summed E-state index contributed by atoms with van der Waals surface area (Å²) in [5.74, 6) is -0.166. The van der Waals surface area contributed by atoms with E-state index in [1.807, 2.05) is 32.0 Å². The highest BCUT2D eigenvalue weighted by molar-refractivity contribution is 9.10. The molecule has 0 aliphatic rings. The third kappa shape index (κ3) is 3.17. The molecule has 0 saturated heterocycles. The summed E-state index contributed by atoms with van der Waals surface area (Å²) in [6.07, 6.45) is 0. The van der Waals surface area contributed by atoms with Gasteiger partial charge in [0.1, 0.15) is 0 Å². The van der Waals surface area contributed by atoms with Crippen molar-refractivity contribution < 1.29 is 4.79 Å². The average Bonchev–Trinajstić information content (AvgIpc) is 2.35. The first kappa shape index (κ1) is 13.7. The van der Waals surface area contributed by atoms with Crippen molar-refractivity contribution >= 4 is 27.5 Å². The SMILES string of the molecule is Cc1cc(C(=O)Nc2ccc(Br)cc2C)c(C)nn1. The van der Waals surface area contributed by atoms with Gasteiger partial charge in [-0.1, -0.05) is 15.9 Å². The van der Waals surface area contributed by atoms with Crippen LogP contribution in [0.2, 0.25) is 0 Å². The predicted molar refractivity (Wildman–Crippen MR) is 78.3 cm³/mol. The summed E-state index contributed by atoms with van der Waals surface area (Å²) in [4.78, 5) is 12.2. The fourth-order valence-electron chi connectivity index (χ4n) is 1.74. The number of hydrogen-bond acceptors (Lipinski definition) is 3. The third-order valence-corrected chi connectivity index (χ3v) is 3.28. The Morgan fingerprint density at radius 2 is 1.89 bits per heavy atom. The van der Waals surface area contributed by atoms with Crippen LogP contribution in [0.25, 0.3) is 0 Å². The largest absolute Gasteiger partial charge is 0.322 e. The van der Waals surface area contributed by atoms with E-state index >= 15 is 0 Å². The predicted octanol–water partition coefficient (Wildman–Crippen LogP) is 3.42. The summed E-state index contributed by atoms with van der Waals surface area (Å²) in [6.45, 7) is 5.53. The van der Waals surface area contributed by atoms with Crippen molar-refractivity contribution in [1.82, 2.24) is 10.2 Å². The molecule has 2 aromatic rings. The summed E-state index contributed by atoms with van der Waals surface area (Å²) in [6, 6.07) is 7.46. The van der Waals surface area contributed by atoms with Gasteiger partial charge in [-0.05, 0) is 50.6 Å². The quantitative estimate of drug-likeness (QED) is 0.922. The van der Waals surface area contributed by atoms with E-state index in [9.17, 15) is 4.79 Å². The lowest BCUT2D eigenvalue weighted by Gasteiger charge is -2.10. The van der Waals surface area contributed by atoms with Crippen LogP contribution in [0.4, 0.5) is 5.69 Å². The maximum Gasteiger partial charge on any atom is 0.257 e. The molecule has 1 aromatic carbocycles. The first-order chi connectivity index (χ1) is 8.97. The van der Waals surface area contributed by atoms with Crippen LogP contribution in [0.3, 0.4) is 0 Å². The van der Waals surface area contributed by atoms with Gasteiger partial charge < -0.3 is 5.32 Å². The number of rotatable bonds is 2. The van der Waals surface area contributed by atoms with Crippen molar-refractivity contribution in [2.45, 2.75) is 20.8 Å². The fourth-order valence-corrected chi connectivity index (χ4v) is 2.21. The highest BCUT2D eigenvalue weighted by Gasteiger charge is 2.12. The van der Waals surface area contributed by atoms with Crippen molar-refractivity contribution in [2.75, 3.05) is 5.32 Å². The zero-order chi connectivity index (χ0) is 14.0. The Hall–Kier alpha value is -1.75. The Kier molecular flexibility index (Phi) is 3.95. The molecule has 0 atom stereocenters. The number of aryl methyl sites for hydroxylation is 3. The molecule has 4 nitrogen and oxygen atoms in total. The molecule has 19 heavy (non-hydrogen) atoms. The number of nitrogens with zero attached hydrogens (tertiary/aromatic N) is 2. The molecule has 0 fully saturated rings. The molecule has 0 aliphatic heterocycles. The topological polar surface area (TPSA) is 54.9 Å². The van der Waals surface area contributed by atoms with Gasteiger partial charge in [-0.25, -0.2) is 0 Å². The van der Waals surface area contributed by atoms with Crippen molar-refractivity contribution in [3.05, 3.63) is 51.3 Å². The molecule has 0 unspecified atom stereocenters. The van der Waals surface area contributed by atoms with Gasteiger partial charge in [-0.3, -0.25) is 4.79 Å². The molecule has 0 bridgehead atoms. The van der Waals surface area contributed by atoms with Crippen LogP contribution in [0.1, 0.15) is 27.3 Å². The number of carbonyl (C=O) groups is 1. The lowest BCUT2D eigenvalue weighted by Crippen LogP contribution is -2.15. The van der Waals surface area contributed by atoms with Crippen LogP contribution in [-0.2, 0) is 0 Å². The Morgan fingerprint density at radius 3 is 2.58 bits per heavy atom. The normalized spacial score (nSPS) is 10.3. The zero-order valence-electron chi connectivity index (χ0n) is 11.0. The van der Waals surface area contributed by atoms with E-state index < -0.39 is 0 Å². The zero-order valence-corrected chi connectivity index (χ0v) is 12.6. The molecule has 5 heteroatoms. The molecule has 1 amide bonds. The van der Waals surface area contributed by atoms with E-state index in [4.69, 9.17) is 0 Å². The molecule has 1 N–H and O–H groups in total. The maximum absolute atomic E-state index is 12.2. The van der Waals surface area contributed by atoms with Gasteiger partial charge in [0.2, 0.25) is 0 Å². The van der Waals surface area contributed by atoms with Crippen LogP contribution in [0.15, 0.2) is 28.7 Å². The van der Waals surface area contributed by atoms with E-state index in [0.717, 1.165) is 21.4 Å². The van der Waals surface area contributed by atoms with E-state index in [1.54, 1.807) is 13.0 Å². The lowest BCUT2D eigenvalue weighted by atomic mass is 10.1. The van der Waals surface area contributed by atoms with Crippen molar-refractivity contribution in [2.24, 2.45) is 0 Å². The molecule has 0 radical (unpaired) electrons. The lowest BCUT2D eigenvalue weighted by molar-refractivity contribution is 0.102. The number of amides is 1. The van der Waals surface area contributed by atoms with Gasteiger partial charge in [-0.2, -0.15) is 10.2 Å². The van der Waals surface area contributed by atoms with E-state index in [0.29, 0.717) is 11.3 Å². The number of halogens is 1. The van der Waals surface area contributed by atoms with Crippen molar-refractivity contribution in [3.8, 4) is 0 Å². The molecule has 2 rings (SSSR count). The molecule has 98 valence electrons. The monoisotopic (exact) mass is 319 g/mol. The molecule has 0 spiro atoms. The Labute approximate surface area is 120 Å². The van der Waals surface area contributed by atoms with Crippen LogP contribution in [0, 0.1) is 20.8 Å². The fraction of sp³-hybridized carbons (Fsp3) is 0.214. The average molecular weight is 320 g/mol. The van der Waals surface area contributed by atoms with Gasteiger partial charge >= 0.3 is 0 Å². The molecular weight excluding hydrogens is 306 g/mol. The van der Waals surface area contributed by atoms with Gasteiger partial charge in [0.25, 0.3) is 5.91 Å². The van der Waals surface area contributed by atoms with Gasteiger partial charge in [0, 0.05) is 10.2 Å². The highest BCUT2D eigenvalue weighted by Crippen LogP contribution is 2.21. The standard InChI is InChI=1S/C14H14BrN3O/c1-8-6-11(15)4-5-13(8)16-14(19)12-7-9(2)17-18-10(12)3/h4-7H,1-3H3,(H,16,19). The second-order valence-electron chi connectivity index (χ2n) is 4.40. The minimum absolute atomic E-state index is 0.166. The molecule has 0 saturated carbocycles. The third-order valence-electron chi connectivity index (χ3n) is 2.78. The van der Waals surface area contributed by atoms with Crippen LogP contribution in [-0.4, -0.2) is 16.1 Å². The van der Waals surface area contributed by atoms with Crippen molar-refractivity contribution in [3.63, 3.8) is 0 Å². The summed E-state index contributed by atoms with van der Waals surface area (Å²) >= 11 is 3.40. The molecule has 1 aromatic heterocycles. The first-order valence-corrected chi connectivity index (χ1v) is 6.65. The second kappa shape index (κ2) is 5.48. The van der Waals surface area contributed by atoms with Crippen LogP contribution in [0.5, 0.6) is 0 Å². The Morgan fingerprint density at radius 1 is 1.16 bits per heavy atom. The van der Waals surface area contributed by atoms with Gasteiger partial charge in [-0.15, -0.1) is 0 Å². The molecule has 0 aliphatic carbocycles. The molecular formula is C14H14BrN3O. The van der Waals surface area contributed by atoms with E-state index in [2.05, 4.69) is 31.4 Å².